The molecule has 0 saturated carbocycles. The van der Waals surface area contributed by atoms with Crippen molar-refractivity contribution in [3.63, 3.8) is 0 Å². The summed E-state index contributed by atoms with van der Waals surface area (Å²) in [5, 5.41) is 8.77. The Morgan fingerprint density at radius 2 is 2.06 bits per heavy atom. The largest absolute Gasteiger partial charge is 0.395 e. The van der Waals surface area contributed by atoms with E-state index in [2.05, 4.69) is 0 Å². The van der Waals surface area contributed by atoms with Crippen molar-refractivity contribution in [3.8, 4) is 0 Å². The molecule has 0 unspecified atom stereocenters. The van der Waals surface area contributed by atoms with Crippen molar-refractivity contribution < 1.29 is 9.90 Å². The van der Waals surface area contributed by atoms with Gasteiger partial charge in [-0.2, -0.15) is 0 Å². The van der Waals surface area contributed by atoms with Crippen LogP contribution in [0.3, 0.4) is 0 Å². The summed E-state index contributed by atoms with van der Waals surface area (Å²) in [7, 11) is 1.83. The lowest BCUT2D eigenvalue weighted by Crippen LogP contribution is -2.29. The van der Waals surface area contributed by atoms with E-state index >= 15 is 0 Å². The van der Waals surface area contributed by atoms with Crippen LogP contribution in [0.5, 0.6) is 0 Å². The number of nitrogens with zero attached hydrogens (tertiary/aromatic N) is 1. The molecule has 0 aromatic heterocycles. The number of aliphatic hydroxyl groups excluding tert-OH is 1. The van der Waals surface area contributed by atoms with E-state index < -0.39 is 0 Å². The molecule has 0 radical (unpaired) electrons. The molecule has 1 aromatic rings. The Morgan fingerprint density at radius 3 is 2.69 bits per heavy atom. The SMILES string of the molecule is Cc1ccc(C)c(C(=O)CN(C)CCO)c1. The van der Waals surface area contributed by atoms with Gasteiger partial charge in [-0.1, -0.05) is 17.7 Å². The maximum atomic E-state index is 12.0. The highest BCUT2D eigenvalue weighted by atomic mass is 16.3. The lowest BCUT2D eigenvalue weighted by molar-refractivity contribution is 0.0935. The Kier molecular flexibility index (Phi) is 4.65. The first kappa shape index (κ1) is 12.9. The van der Waals surface area contributed by atoms with E-state index in [9.17, 15) is 4.79 Å². The molecule has 1 rings (SSSR count). The Bertz CT molecular complexity index is 374. The summed E-state index contributed by atoms with van der Waals surface area (Å²) >= 11 is 0. The quantitative estimate of drug-likeness (QED) is 0.764. The average molecular weight is 221 g/mol. The average Bonchev–Trinajstić information content (AvgIpc) is 2.21. The lowest BCUT2D eigenvalue weighted by Gasteiger charge is -2.15. The highest BCUT2D eigenvalue weighted by Gasteiger charge is 2.11. The third-order valence-corrected chi connectivity index (χ3v) is 2.59. The second-order valence-corrected chi connectivity index (χ2v) is 4.20. The van der Waals surface area contributed by atoms with Crippen molar-refractivity contribution in [1.82, 2.24) is 4.90 Å². The second-order valence-electron chi connectivity index (χ2n) is 4.20. The zero-order chi connectivity index (χ0) is 12.1. The smallest absolute Gasteiger partial charge is 0.177 e. The number of benzene rings is 1. The Morgan fingerprint density at radius 1 is 1.38 bits per heavy atom. The summed E-state index contributed by atoms with van der Waals surface area (Å²) in [6.07, 6.45) is 0. The van der Waals surface area contributed by atoms with Gasteiger partial charge in [0, 0.05) is 12.1 Å². The summed E-state index contributed by atoms with van der Waals surface area (Å²) in [5.74, 6) is 0.108. The molecule has 0 fully saturated rings. The van der Waals surface area contributed by atoms with Crippen molar-refractivity contribution in [2.75, 3.05) is 26.7 Å². The van der Waals surface area contributed by atoms with Crippen LogP contribution in [-0.2, 0) is 0 Å². The number of carbonyl (C=O) groups is 1. The molecule has 3 heteroatoms. The van der Waals surface area contributed by atoms with Crippen molar-refractivity contribution >= 4 is 5.78 Å². The first-order valence-corrected chi connectivity index (χ1v) is 5.44. The minimum Gasteiger partial charge on any atom is -0.395 e. The van der Waals surface area contributed by atoms with Crippen molar-refractivity contribution in [3.05, 3.63) is 34.9 Å². The lowest BCUT2D eigenvalue weighted by atomic mass is 10.0. The summed E-state index contributed by atoms with van der Waals surface area (Å²) in [6, 6.07) is 5.89. The van der Waals surface area contributed by atoms with Crippen LogP contribution in [0.1, 0.15) is 21.5 Å². The van der Waals surface area contributed by atoms with Crippen LogP contribution in [0, 0.1) is 13.8 Å². The Labute approximate surface area is 96.7 Å². The molecule has 0 heterocycles. The van der Waals surface area contributed by atoms with Crippen LogP contribution in [0.4, 0.5) is 0 Å². The van der Waals surface area contributed by atoms with Gasteiger partial charge in [0.2, 0.25) is 0 Å². The predicted octanol–water partition coefficient (Wildman–Crippen LogP) is 1.41. The fourth-order valence-corrected chi connectivity index (χ4v) is 1.62. The number of hydrogen-bond acceptors (Lipinski definition) is 3. The minimum absolute atomic E-state index is 0.0799. The third kappa shape index (κ3) is 3.43. The molecule has 0 aliphatic heterocycles. The zero-order valence-corrected chi connectivity index (χ0v) is 10.2. The Hall–Kier alpha value is -1.19. The number of aliphatic hydroxyl groups is 1. The molecular weight excluding hydrogens is 202 g/mol. The molecule has 0 saturated heterocycles. The van der Waals surface area contributed by atoms with Crippen molar-refractivity contribution in [1.29, 1.82) is 0 Å². The summed E-state index contributed by atoms with van der Waals surface area (Å²) in [4.78, 5) is 13.8. The molecule has 1 aromatic carbocycles. The molecule has 0 aliphatic carbocycles. The maximum absolute atomic E-state index is 12.0. The number of likely N-dealkylation sites (N-methyl/N-ethyl adjacent to an activating group) is 1. The number of carbonyl (C=O) groups excluding carboxylic acids is 1. The molecule has 1 N–H and O–H groups in total. The van der Waals surface area contributed by atoms with Gasteiger partial charge in [-0.3, -0.25) is 9.69 Å². The minimum atomic E-state index is 0.0799. The monoisotopic (exact) mass is 221 g/mol. The molecule has 0 amide bonds. The van der Waals surface area contributed by atoms with Gasteiger partial charge in [0.1, 0.15) is 0 Å². The van der Waals surface area contributed by atoms with E-state index in [0.29, 0.717) is 13.1 Å². The third-order valence-electron chi connectivity index (χ3n) is 2.59. The summed E-state index contributed by atoms with van der Waals surface area (Å²) < 4.78 is 0. The number of hydrogen-bond donors (Lipinski definition) is 1. The fourth-order valence-electron chi connectivity index (χ4n) is 1.62. The van der Waals surface area contributed by atoms with Crippen LogP contribution in [-0.4, -0.2) is 42.5 Å². The maximum Gasteiger partial charge on any atom is 0.177 e. The van der Waals surface area contributed by atoms with Crippen LogP contribution in [0.15, 0.2) is 18.2 Å². The van der Waals surface area contributed by atoms with Crippen molar-refractivity contribution in [2.45, 2.75) is 13.8 Å². The highest BCUT2D eigenvalue weighted by molar-refractivity contribution is 5.99. The number of aryl methyl sites for hydroxylation is 2. The van der Waals surface area contributed by atoms with E-state index in [1.165, 1.54) is 0 Å². The Balaban J connectivity index is 2.76. The van der Waals surface area contributed by atoms with Gasteiger partial charge in [0.15, 0.2) is 5.78 Å². The fraction of sp³-hybridized carbons (Fsp3) is 0.462. The molecule has 0 spiro atoms. The van der Waals surface area contributed by atoms with Gasteiger partial charge in [0.05, 0.1) is 13.2 Å². The topological polar surface area (TPSA) is 40.5 Å². The molecule has 0 aliphatic rings. The van der Waals surface area contributed by atoms with Crippen LogP contribution < -0.4 is 0 Å². The standard InChI is InChI=1S/C13H19NO2/c1-10-4-5-11(2)12(8-10)13(16)9-14(3)6-7-15/h4-5,8,15H,6-7,9H2,1-3H3. The molecule has 0 atom stereocenters. The van der Waals surface area contributed by atoms with E-state index in [-0.39, 0.29) is 12.4 Å². The van der Waals surface area contributed by atoms with Crippen LogP contribution in [0.25, 0.3) is 0 Å². The molecule has 88 valence electrons. The molecule has 3 nitrogen and oxygen atoms in total. The van der Waals surface area contributed by atoms with E-state index in [1.807, 2.05) is 44.0 Å². The highest BCUT2D eigenvalue weighted by Crippen LogP contribution is 2.11. The molecule has 0 bridgehead atoms. The number of Topliss-reactive ketones (excluding diaryl/α,β-unsaturated/α-hetero) is 1. The van der Waals surface area contributed by atoms with Gasteiger partial charge in [-0.05, 0) is 32.5 Å². The van der Waals surface area contributed by atoms with Gasteiger partial charge in [0.25, 0.3) is 0 Å². The number of rotatable bonds is 5. The first-order valence-electron chi connectivity index (χ1n) is 5.44. The summed E-state index contributed by atoms with van der Waals surface area (Å²) in [5.41, 5.74) is 2.89. The zero-order valence-electron chi connectivity index (χ0n) is 10.2. The van der Waals surface area contributed by atoms with E-state index in [0.717, 1.165) is 16.7 Å². The van der Waals surface area contributed by atoms with Gasteiger partial charge in [-0.25, -0.2) is 0 Å². The predicted molar refractivity (Wildman–Crippen MR) is 64.8 cm³/mol. The summed E-state index contributed by atoms with van der Waals surface area (Å²) in [6.45, 7) is 4.88. The van der Waals surface area contributed by atoms with Gasteiger partial charge < -0.3 is 5.11 Å². The van der Waals surface area contributed by atoms with Gasteiger partial charge in [-0.15, -0.1) is 0 Å². The van der Waals surface area contributed by atoms with Gasteiger partial charge >= 0.3 is 0 Å². The number of ketones is 1. The van der Waals surface area contributed by atoms with Crippen LogP contribution >= 0.6 is 0 Å². The van der Waals surface area contributed by atoms with Crippen molar-refractivity contribution in [2.24, 2.45) is 0 Å². The molecular formula is C13H19NO2. The normalized spacial score (nSPS) is 10.8. The van der Waals surface area contributed by atoms with E-state index in [4.69, 9.17) is 5.11 Å². The first-order chi connectivity index (χ1) is 7.54. The van der Waals surface area contributed by atoms with E-state index in [1.54, 1.807) is 0 Å². The molecule has 16 heavy (non-hydrogen) atoms. The van der Waals surface area contributed by atoms with Crippen LogP contribution in [0.2, 0.25) is 0 Å². The second kappa shape index (κ2) is 5.77.